The zero-order valence-electron chi connectivity index (χ0n) is 19.0. The van der Waals surface area contributed by atoms with Gasteiger partial charge < -0.3 is 9.72 Å². The lowest BCUT2D eigenvalue weighted by molar-refractivity contribution is -0.114. The number of alkyl halides is 2. The molecule has 3 heterocycles. The Morgan fingerprint density at radius 2 is 1.94 bits per heavy atom. The molecule has 5 aromatic rings. The first-order valence-electron chi connectivity index (χ1n) is 11.3. The molecule has 1 saturated carbocycles. The number of nitrogens with one attached hydrogen (secondary N) is 1. The third-order valence-corrected chi connectivity index (χ3v) is 6.62. The van der Waals surface area contributed by atoms with E-state index in [0.717, 1.165) is 28.1 Å². The molecule has 0 radical (unpaired) electrons. The van der Waals surface area contributed by atoms with Crippen molar-refractivity contribution in [2.75, 3.05) is 0 Å². The maximum atomic E-state index is 13.2. The third kappa shape index (κ3) is 4.10. The number of aryl methyl sites for hydroxylation is 2. The Hall–Kier alpha value is -3.59. The molecule has 7 nitrogen and oxygen atoms in total. The predicted octanol–water partition coefficient (Wildman–Crippen LogP) is 6.48. The minimum Gasteiger partial charge on any atom is -0.456 e. The minimum atomic E-state index is -2.54. The second kappa shape index (κ2) is 7.98. The molecule has 1 N–H and O–H groups in total. The van der Waals surface area contributed by atoms with Gasteiger partial charge >= 0.3 is 0 Å². The summed E-state index contributed by atoms with van der Waals surface area (Å²) < 4.78 is 34.2. The molecule has 6 rings (SSSR count). The zero-order valence-corrected chi connectivity index (χ0v) is 19.8. The quantitative estimate of drug-likeness (QED) is 0.302. The Labute approximate surface area is 204 Å². The Kier molecular flexibility index (Phi) is 5.00. The van der Waals surface area contributed by atoms with Crippen molar-refractivity contribution in [3.63, 3.8) is 0 Å². The Morgan fingerprint density at radius 3 is 2.74 bits per heavy atom. The van der Waals surface area contributed by atoms with E-state index in [-0.39, 0.29) is 18.8 Å². The molecule has 0 spiro atoms. The van der Waals surface area contributed by atoms with E-state index in [1.807, 2.05) is 38.2 Å². The fourth-order valence-corrected chi connectivity index (χ4v) is 4.82. The second-order valence-electron chi connectivity index (χ2n) is 9.08. The van der Waals surface area contributed by atoms with E-state index in [1.165, 1.54) is 0 Å². The number of hydrogen-bond donors (Lipinski definition) is 1. The van der Waals surface area contributed by atoms with Crippen LogP contribution in [0.3, 0.4) is 0 Å². The smallest absolute Gasteiger partial charge is 0.248 e. The molecular formula is C25H21ClF2N6O. The van der Waals surface area contributed by atoms with Crippen LogP contribution in [0.2, 0.25) is 5.02 Å². The van der Waals surface area contributed by atoms with Crippen LogP contribution in [-0.4, -0.2) is 35.6 Å². The average molecular weight is 495 g/mol. The van der Waals surface area contributed by atoms with Gasteiger partial charge in [-0.3, -0.25) is 9.67 Å². The van der Waals surface area contributed by atoms with Gasteiger partial charge in [0, 0.05) is 37.2 Å². The molecule has 0 aliphatic heterocycles. The second-order valence-corrected chi connectivity index (χ2v) is 9.46. The molecule has 1 aliphatic carbocycles. The monoisotopic (exact) mass is 494 g/mol. The number of benzene rings is 2. The Balaban J connectivity index is 1.30. The van der Waals surface area contributed by atoms with Crippen LogP contribution < -0.4 is 4.74 Å². The number of imidazole rings is 1. The van der Waals surface area contributed by atoms with E-state index in [0.29, 0.717) is 39.8 Å². The number of ether oxygens (including phenoxy) is 1. The van der Waals surface area contributed by atoms with Crippen molar-refractivity contribution >= 4 is 33.7 Å². The van der Waals surface area contributed by atoms with Crippen molar-refractivity contribution in [2.24, 2.45) is 5.92 Å². The molecule has 2 aromatic carbocycles. The fourth-order valence-electron chi connectivity index (χ4n) is 4.58. The highest BCUT2D eigenvalue weighted by molar-refractivity contribution is 6.36. The minimum absolute atomic E-state index is 0.0705. The third-order valence-electron chi connectivity index (χ3n) is 6.26. The fraction of sp³-hybridized carbons (Fsp3) is 0.280. The van der Waals surface area contributed by atoms with E-state index < -0.39 is 5.92 Å². The Bertz CT molecular complexity index is 1590. The van der Waals surface area contributed by atoms with Gasteiger partial charge in [-0.25, -0.2) is 18.7 Å². The highest BCUT2D eigenvalue weighted by Crippen LogP contribution is 2.43. The number of halogens is 3. The van der Waals surface area contributed by atoms with Gasteiger partial charge in [0.15, 0.2) is 0 Å². The predicted molar refractivity (Wildman–Crippen MR) is 129 cm³/mol. The summed E-state index contributed by atoms with van der Waals surface area (Å²) in [5.74, 6) is -0.712. The first-order chi connectivity index (χ1) is 16.7. The van der Waals surface area contributed by atoms with Gasteiger partial charge in [-0.1, -0.05) is 11.6 Å². The van der Waals surface area contributed by atoms with Crippen molar-refractivity contribution in [3.05, 3.63) is 59.3 Å². The molecule has 0 saturated heterocycles. The van der Waals surface area contributed by atoms with Crippen LogP contribution in [0.1, 0.15) is 24.4 Å². The van der Waals surface area contributed by atoms with Gasteiger partial charge in [-0.2, -0.15) is 5.10 Å². The van der Waals surface area contributed by atoms with Gasteiger partial charge in [0.25, 0.3) is 0 Å². The molecule has 1 fully saturated rings. The van der Waals surface area contributed by atoms with Crippen LogP contribution in [0.4, 0.5) is 8.78 Å². The normalized spacial score (nSPS) is 15.6. The summed E-state index contributed by atoms with van der Waals surface area (Å²) in [7, 11) is 0. The first kappa shape index (κ1) is 21.9. The first-order valence-corrected chi connectivity index (χ1v) is 11.6. The van der Waals surface area contributed by atoms with E-state index in [4.69, 9.17) is 21.3 Å². The van der Waals surface area contributed by atoms with Crippen LogP contribution in [0, 0.1) is 19.8 Å². The summed E-state index contributed by atoms with van der Waals surface area (Å²) in [6, 6.07) is 9.15. The van der Waals surface area contributed by atoms with Crippen LogP contribution in [0.25, 0.3) is 33.3 Å². The molecule has 1 aliphatic rings. The molecule has 0 amide bonds. The van der Waals surface area contributed by atoms with Gasteiger partial charge in [0.05, 0.1) is 34.1 Å². The van der Waals surface area contributed by atoms with E-state index >= 15 is 0 Å². The number of H-pyrrole nitrogens is 1. The molecular weight excluding hydrogens is 474 g/mol. The van der Waals surface area contributed by atoms with Crippen LogP contribution in [0.5, 0.6) is 11.5 Å². The standard InChI is InChI=1S/C25H21ClF2N6O/c1-13-17(12-34(33-13)11-15-8-25(27,28)9-15)21-10-29-19-5-6-22(23(26)24(19)32-21)35-16-3-4-18-20(7-16)31-14(2)30-18/h3-7,10,12,15H,8-9,11H2,1-2H3,(H,30,31). The summed E-state index contributed by atoms with van der Waals surface area (Å²) in [6.07, 6.45) is 3.31. The van der Waals surface area contributed by atoms with Crippen LogP contribution in [-0.2, 0) is 6.54 Å². The van der Waals surface area contributed by atoms with Gasteiger partial charge in [-0.15, -0.1) is 0 Å². The van der Waals surface area contributed by atoms with Gasteiger partial charge in [0.1, 0.15) is 27.9 Å². The van der Waals surface area contributed by atoms with Crippen LogP contribution in [0.15, 0.2) is 42.7 Å². The lowest BCUT2D eigenvalue weighted by atomic mass is 9.81. The summed E-state index contributed by atoms with van der Waals surface area (Å²) in [5, 5.41) is 4.84. The van der Waals surface area contributed by atoms with Crippen LogP contribution >= 0.6 is 11.6 Å². The van der Waals surface area contributed by atoms with Gasteiger partial charge in [-0.05, 0) is 44.0 Å². The summed E-state index contributed by atoms with van der Waals surface area (Å²) in [6.45, 7) is 4.21. The number of aromatic amines is 1. The number of fused-ring (bicyclic) bond motifs is 2. The van der Waals surface area contributed by atoms with E-state index in [9.17, 15) is 8.78 Å². The molecule has 178 valence electrons. The number of hydrogen-bond acceptors (Lipinski definition) is 5. The average Bonchev–Trinajstić information content (AvgIpc) is 3.35. The Morgan fingerprint density at radius 1 is 1.14 bits per heavy atom. The van der Waals surface area contributed by atoms with Crippen molar-refractivity contribution in [2.45, 2.75) is 39.2 Å². The molecule has 0 unspecified atom stereocenters. The zero-order chi connectivity index (χ0) is 24.3. The lowest BCUT2D eigenvalue weighted by Crippen LogP contribution is -2.37. The summed E-state index contributed by atoms with van der Waals surface area (Å²) >= 11 is 6.70. The maximum Gasteiger partial charge on any atom is 0.248 e. The topological polar surface area (TPSA) is 81.5 Å². The largest absolute Gasteiger partial charge is 0.456 e. The summed E-state index contributed by atoms with van der Waals surface area (Å²) in [5.41, 5.74) is 5.00. The van der Waals surface area contributed by atoms with E-state index in [2.05, 4.69) is 20.1 Å². The number of aromatic nitrogens is 6. The van der Waals surface area contributed by atoms with Crippen molar-refractivity contribution in [3.8, 4) is 22.8 Å². The highest BCUT2D eigenvalue weighted by atomic mass is 35.5. The van der Waals surface area contributed by atoms with Gasteiger partial charge in [0.2, 0.25) is 5.92 Å². The SMILES string of the molecule is Cc1nc2ccc(Oc3ccc4ncc(-c5cn(CC6CC(F)(F)C6)nc5C)nc4c3Cl)cc2[nH]1. The molecule has 10 heteroatoms. The molecule has 35 heavy (non-hydrogen) atoms. The number of nitrogens with zero attached hydrogens (tertiary/aromatic N) is 5. The number of rotatable bonds is 5. The van der Waals surface area contributed by atoms with Crippen molar-refractivity contribution < 1.29 is 13.5 Å². The van der Waals surface area contributed by atoms with Crippen molar-refractivity contribution in [1.29, 1.82) is 0 Å². The van der Waals surface area contributed by atoms with E-state index in [1.54, 1.807) is 23.0 Å². The van der Waals surface area contributed by atoms with Crippen molar-refractivity contribution in [1.82, 2.24) is 29.7 Å². The highest BCUT2D eigenvalue weighted by Gasteiger charge is 2.45. The maximum absolute atomic E-state index is 13.2. The molecule has 3 aromatic heterocycles. The molecule has 0 atom stereocenters. The molecule has 0 bridgehead atoms. The lowest BCUT2D eigenvalue weighted by Gasteiger charge is -2.34. The summed E-state index contributed by atoms with van der Waals surface area (Å²) in [4.78, 5) is 16.9.